The second kappa shape index (κ2) is 22.4. The third-order valence-electron chi connectivity index (χ3n) is 15.4. The average molecular weight is 1070 g/mol. The van der Waals surface area contributed by atoms with Gasteiger partial charge in [-0.25, -0.2) is 23.8 Å². The average Bonchev–Trinajstić information content (AvgIpc) is 4.15. The van der Waals surface area contributed by atoms with E-state index in [2.05, 4.69) is 26.6 Å². The maximum atomic E-state index is 15.5. The van der Waals surface area contributed by atoms with Crippen LogP contribution in [0.3, 0.4) is 0 Å². The van der Waals surface area contributed by atoms with Crippen LogP contribution in [-0.2, 0) is 58.6 Å². The molecule has 78 heavy (non-hydrogen) atoms. The molecule has 3 aromatic carbocycles. The number of halogens is 1. The Bertz CT molecular complexity index is 3250. The van der Waals surface area contributed by atoms with E-state index in [-0.39, 0.29) is 81.5 Å². The summed E-state index contributed by atoms with van der Waals surface area (Å²) < 4.78 is 33.4. The van der Waals surface area contributed by atoms with Crippen molar-refractivity contribution in [1.82, 2.24) is 36.1 Å². The minimum atomic E-state index is -2.04. The highest BCUT2D eigenvalue weighted by Crippen LogP contribution is 2.47. The zero-order valence-electron chi connectivity index (χ0n) is 45.2. The Morgan fingerprint density at radius 2 is 1.59 bits per heavy atom. The summed E-state index contributed by atoms with van der Waals surface area (Å²) in [6, 6.07) is 16.2. The molecule has 4 heterocycles. The summed E-state index contributed by atoms with van der Waals surface area (Å²) >= 11 is 0. The van der Waals surface area contributed by atoms with Gasteiger partial charge in [0, 0.05) is 48.0 Å². The van der Waals surface area contributed by atoms with Crippen LogP contribution in [0, 0.1) is 18.7 Å². The van der Waals surface area contributed by atoms with Gasteiger partial charge in [-0.15, -0.1) is 0 Å². The number of unbranched alkanes of at least 4 members (excludes halogenated alkanes) is 1. The van der Waals surface area contributed by atoms with Gasteiger partial charge in [0.25, 0.3) is 5.56 Å². The predicted molar refractivity (Wildman–Crippen MR) is 288 cm³/mol. The van der Waals surface area contributed by atoms with Gasteiger partial charge in [-0.1, -0.05) is 69.3 Å². The minimum absolute atomic E-state index is 0.00533. The van der Waals surface area contributed by atoms with Crippen LogP contribution in [0.2, 0.25) is 0 Å². The lowest BCUT2D eigenvalue weighted by Gasteiger charge is -2.31. The largest absolute Gasteiger partial charge is 0.458 e. The number of nitrogens with zero attached hydrogens (tertiary/aromatic N) is 2. The van der Waals surface area contributed by atoms with Gasteiger partial charge in [0.1, 0.15) is 36.7 Å². The first-order chi connectivity index (χ1) is 37.2. The van der Waals surface area contributed by atoms with Crippen LogP contribution >= 0.6 is 0 Å². The summed E-state index contributed by atoms with van der Waals surface area (Å²) in [4.78, 5) is 99.4. The fourth-order valence-corrected chi connectivity index (χ4v) is 11.4. The molecule has 19 heteroatoms. The van der Waals surface area contributed by atoms with E-state index in [9.17, 15) is 38.7 Å². The molecule has 0 spiro atoms. The minimum Gasteiger partial charge on any atom is -0.458 e. The number of esters is 1. The number of hydrogen-bond acceptors (Lipinski definition) is 12. The molecule has 6 N–H and O–H groups in total. The molecular weight excluding hydrogens is 1000 g/mol. The van der Waals surface area contributed by atoms with E-state index in [1.54, 1.807) is 54.5 Å². The summed E-state index contributed by atoms with van der Waals surface area (Å²) in [5, 5.41) is 26.5. The smallest absolute Gasteiger partial charge is 0.407 e. The summed E-state index contributed by atoms with van der Waals surface area (Å²) in [5.74, 6) is -3.29. The van der Waals surface area contributed by atoms with Crippen molar-refractivity contribution in [1.29, 1.82) is 0 Å². The number of cyclic esters (lactones) is 1. The van der Waals surface area contributed by atoms with Crippen LogP contribution < -0.4 is 32.1 Å². The van der Waals surface area contributed by atoms with E-state index in [1.165, 1.54) is 10.6 Å². The van der Waals surface area contributed by atoms with Crippen LogP contribution in [0.5, 0.6) is 0 Å². The number of aliphatic hydroxyl groups is 1. The van der Waals surface area contributed by atoms with Crippen LogP contribution in [0.15, 0.2) is 65.5 Å². The Hall–Kier alpha value is -7.67. The molecule has 2 aromatic heterocycles. The maximum absolute atomic E-state index is 15.5. The second-order valence-electron chi connectivity index (χ2n) is 22.0. The molecule has 0 bridgehead atoms. The van der Waals surface area contributed by atoms with Crippen molar-refractivity contribution >= 4 is 46.8 Å². The molecule has 0 unspecified atom stereocenters. The molecule has 412 valence electrons. The number of ether oxygens (including phenoxy) is 3. The van der Waals surface area contributed by atoms with Gasteiger partial charge in [-0.3, -0.25) is 19.2 Å². The number of alkyl carbamates (subject to hydrolysis) is 2. The van der Waals surface area contributed by atoms with E-state index in [0.717, 1.165) is 27.8 Å². The highest BCUT2D eigenvalue weighted by molar-refractivity contribution is 5.94. The molecule has 18 nitrogen and oxygen atoms in total. The molecule has 4 atom stereocenters. The van der Waals surface area contributed by atoms with Gasteiger partial charge in [0.05, 0.1) is 35.1 Å². The SMILES string of the molecule is CC[C@@]1(O)C(=O)OCc2c1cc1n(c2=O)Cc2c-1nc1cc(F)c(C)c3c1c2[C@@H](NC(=O)CCCNC(=O)[C@H](CCCCNC(=O)OC(C)(C)C)NC(=O)[C@@H](NC(=O)OCC1c2ccccc2-c2ccccc21)C(C)C)CC3. The quantitative estimate of drug-likeness (QED) is 0.0283. The lowest BCUT2D eigenvalue weighted by atomic mass is 9.81. The van der Waals surface area contributed by atoms with Gasteiger partial charge >= 0.3 is 18.2 Å². The van der Waals surface area contributed by atoms with Crippen molar-refractivity contribution in [3.8, 4) is 22.5 Å². The number of carbonyl (C=O) groups excluding carboxylic acids is 6. The summed E-state index contributed by atoms with van der Waals surface area (Å²) in [6.45, 7) is 12.3. The molecule has 0 fully saturated rings. The van der Waals surface area contributed by atoms with Crippen LogP contribution in [0.1, 0.15) is 143 Å². The fourth-order valence-electron chi connectivity index (χ4n) is 11.4. The topological polar surface area (TPSA) is 245 Å². The molecule has 4 aliphatic rings. The Morgan fingerprint density at radius 3 is 2.27 bits per heavy atom. The number of pyridine rings is 2. The molecule has 5 aromatic rings. The molecule has 5 amide bonds. The second-order valence-corrected chi connectivity index (χ2v) is 22.0. The first kappa shape index (κ1) is 55.1. The number of aromatic nitrogens is 2. The van der Waals surface area contributed by atoms with E-state index in [1.807, 2.05) is 48.5 Å². The highest BCUT2D eigenvalue weighted by atomic mass is 19.1. The van der Waals surface area contributed by atoms with Gasteiger partial charge < -0.3 is 50.5 Å². The molecule has 0 saturated heterocycles. The first-order valence-corrected chi connectivity index (χ1v) is 27.0. The Labute approximate surface area is 451 Å². The maximum Gasteiger partial charge on any atom is 0.407 e. The standard InChI is InChI=1S/C59H68FN7O11/c1-8-59(75)41-26-46-51-38(28-67(46)54(71)40(41)30-76-55(59)72)49-43(23-22-33-32(4)42(60)27-45(64-51)48(33)49)63-47(68)21-15-25-61-52(69)44(20-13-14-24-62-56(73)78-58(5,6)7)65-53(70)50(31(2)3)66-57(74)77-29-39-36-18-11-9-16-34(36)35-17-10-12-19-37(35)39/h9-12,16-19,26-27,31,39,43-44,50,75H,8,13-15,20-25,28-30H2,1-7H3,(H,61,69)(H,62,73)(H,63,68)(H,65,70)(H,66,74)/t43-,44-,50-,59-/m0/s1. The zero-order valence-corrected chi connectivity index (χ0v) is 45.2. The molecular formula is C59H68FN7O11. The first-order valence-electron chi connectivity index (χ1n) is 27.0. The Morgan fingerprint density at radius 1 is 0.897 bits per heavy atom. The normalized spacial score (nSPS) is 17.6. The van der Waals surface area contributed by atoms with Crippen molar-refractivity contribution in [2.24, 2.45) is 5.92 Å². The van der Waals surface area contributed by atoms with Crippen molar-refractivity contribution < 1.29 is 52.5 Å². The molecule has 0 saturated carbocycles. The number of benzene rings is 3. The molecule has 2 aliphatic carbocycles. The molecule has 9 rings (SSSR count). The van der Waals surface area contributed by atoms with E-state index >= 15 is 4.39 Å². The number of carbonyl (C=O) groups is 6. The van der Waals surface area contributed by atoms with Crippen LogP contribution in [0.25, 0.3) is 33.4 Å². The highest BCUT2D eigenvalue weighted by Gasteiger charge is 2.46. The van der Waals surface area contributed by atoms with E-state index in [4.69, 9.17) is 19.2 Å². The lowest BCUT2D eigenvalue weighted by molar-refractivity contribution is -0.172. The van der Waals surface area contributed by atoms with E-state index in [0.29, 0.717) is 64.7 Å². The van der Waals surface area contributed by atoms with Gasteiger partial charge in [0.15, 0.2) is 5.60 Å². The van der Waals surface area contributed by atoms with Crippen LogP contribution in [-0.4, -0.2) is 87.9 Å². The Kier molecular flexibility index (Phi) is 15.8. The number of aryl methyl sites for hydroxylation is 1. The van der Waals surface area contributed by atoms with Gasteiger partial charge in [-0.05, 0) is 124 Å². The number of rotatable bonds is 18. The third-order valence-corrected chi connectivity index (χ3v) is 15.4. The van der Waals surface area contributed by atoms with E-state index < -0.39 is 76.6 Å². The monoisotopic (exact) mass is 1070 g/mol. The van der Waals surface area contributed by atoms with Gasteiger partial charge in [-0.2, -0.15) is 0 Å². The predicted octanol–water partition coefficient (Wildman–Crippen LogP) is 7.27. The molecule has 2 aliphatic heterocycles. The fraction of sp³-hybridized carbons (Fsp3) is 0.458. The van der Waals surface area contributed by atoms with Crippen molar-refractivity contribution in [2.45, 2.75) is 148 Å². The van der Waals surface area contributed by atoms with Crippen LogP contribution in [0.4, 0.5) is 14.0 Å². The number of hydrogen-bond donors (Lipinski definition) is 6. The zero-order chi connectivity index (χ0) is 55.8. The van der Waals surface area contributed by atoms with Crippen molar-refractivity contribution in [3.05, 3.63) is 121 Å². The van der Waals surface area contributed by atoms with Gasteiger partial charge in [0.2, 0.25) is 17.7 Å². The lowest BCUT2D eigenvalue weighted by Crippen LogP contribution is -2.55. The number of amides is 5. The summed E-state index contributed by atoms with van der Waals surface area (Å²) in [7, 11) is 0. The summed E-state index contributed by atoms with van der Waals surface area (Å²) in [5.41, 5.74) is 5.10. The Balaban J connectivity index is 0.854. The van der Waals surface area contributed by atoms with Crippen molar-refractivity contribution in [3.63, 3.8) is 0 Å². The number of fused-ring (bicyclic) bond motifs is 8. The number of nitrogens with one attached hydrogen (secondary N) is 5. The summed E-state index contributed by atoms with van der Waals surface area (Å²) in [6.07, 6.45) is 0.771. The van der Waals surface area contributed by atoms with Crippen molar-refractivity contribution in [2.75, 3.05) is 19.7 Å². The molecule has 0 radical (unpaired) electrons. The third kappa shape index (κ3) is 10.9.